The lowest BCUT2D eigenvalue weighted by Gasteiger charge is -2.06. The van der Waals surface area contributed by atoms with E-state index in [1.54, 1.807) is 30.5 Å². The van der Waals surface area contributed by atoms with Gasteiger partial charge in [0.1, 0.15) is 5.65 Å². The van der Waals surface area contributed by atoms with E-state index in [0.29, 0.717) is 27.1 Å². The smallest absolute Gasteiger partial charge is 0.249 e. The van der Waals surface area contributed by atoms with Crippen molar-refractivity contribution in [1.29, 1.82) is 0 Å². The molecular weight excluding hydrogens is 285 g/mol. The van der Waals surface area contributed by atoms with Gasteiger partial charge in [-0.1, -0.05) is 29.3 Å². The molecule has 6 heteroatoms. The summed E-state index contributed by atoms with van der Waals surface area (Å²) in [6.45, 7) is 0. The van der Waals surface area contributed by atoms with Gasteiger partial charge in [0.05, 0.1) is 15.6 Å². The van der Waals surface area contributed by atoms with Crippen molar-refractivity contribution in [1.82, 2.24) is 15.0 Å². The van der Waals surface area contributed by atoms with Gasteiger partial charge in [-0.2, -0.15) is 0 Å². The molecule has 0 saturated carbocycles. The Bertz CT molecular complexity index is 809. The summed E-state index contributed by atoms with van der Waals surface area (Å²) in [7, 11) is 0. The van der Waals surface area contributed by atoms with E-state index in [9.17, 15) is 4.79 Å². The van der Waals surface area contributed by atoms with Crippen LogP contribution < -0.4 is 5.56 Å². The van der Waals surface area contributed by atoms with Gasteiger partial charge in [0.15, 0.2) is 5.82 Å². The third-order valence-electron chi connectivity index (χ3n) is 2.66. The lowest BCUT2D eigenvalue weighted by Crippen LogP contribution is -2.04. The van der Waals surface area contributed by atoms with Crippen LogP contribution in [-0.4, -0.2) is 15.0 Å². The first-order valence-corrected chi connectivity index (χ1v) is 6.21. The summed E-state index contributed by atoms with van der Waals surface area (Å²) in [5, 5.41) is 1.67. The second-order valence-corrected chi connectivity index (χ2v) is 4.73. The predicted octanol–water partition coefficient (Wildman–Crippen LogP) is 3.29. The Labute approximate surface area is 118 Å². The predicted molar refractivity (Wildman–Crippen MR) is 75.6 cm³/mol. The molecule has 1 aromatic carbocycles. The Balaban J connectivity index is 2.29. The van der Waals surface area contributed by atoms with Crippen molar-refractivity contribution in [3.8, 4) is 11.4 Å². The van der Waals surface area contributed by atoms with Crippen molar-refractivity contribution in [2.24, 2.45) is 0 Å². The van der Waals surface area contributed by atoms with Gasteiger partial charge in [0.2, 0.25) is 5.56 Å². The van der Waals surface area contributed by atoms with E-state index < -0.39 is 0 Å². The zero-order valence-electron chi connectivity index (χ0n) is 9.52. The van der Waals surface area contributed by atoms with Crippen molar-refractivity contribution in [3.05, 3.63) is 56.9 Å². The topological polar surface area (TPSA) is 58.6 Å². The lowest BCUT2D eigenvalue weighted by molar-refractivity contribution is 1.17. The first kappa shape index (κ1) is 12.1. The monoisotopic (exact) mass is 291 g/mol. The molecule has 0 atom stereocenters. The van der Waals surface area contributed by atoms with Crippen LogP contribution in [0.4, 0.5) is 0 Å². The van der Waals surface area contributed by atoms with Crippen molar-refractivity contribution in [3.63, 3.8) is 0 Å². The fourth-order valence-electron chi connectivity index (χ4n) is 1.77. The highest BCUT2D eigenvalue weighted by atomic mass is 35.5. The van der Waals surface area contributed by atoms with Gasteiger partial charge in [0.25, 0.3) is 0 Å². The van der Waals surface area contributed by atoms with Crippen molar-refractivity contribution < 1.29 is 0 Å². The number of benzene rings is 1. The maximum atomic E-state index is 11.3. The minimum atomic E-state index is -0.220. The molecule has 3 aromatic rings. The fraction of sp³-hybridized carbons (Fsp3) is 0. The SMILES string of the molecule is O=c1ccc2cnc(-c3c(Cl)cccc3Cl)nc2[nH]1. The standard InChI is InChI=1S/C13H7Cl2N3O/c14-8-2-1-3-9(15)11(8)13-16-6-7-4-5-10(19)17-12(7)18-13/h1-6H,(H,16,17,18,19). The number of aromatic nitrogens is 3. The molecule has 0 spiro atoms. The van der Waals surface area contributed by atoms with E-state index in [-0.39, 0.29) is 5.56 Å². The molecule has 0 fully saturated rings. The van der Waals surface area contributed by atoms with Crippen LogP contribution >= 0.6 is 23.2 Å². The van der Waals surface area contributed by atoms with Crippen LogP contribution in [0, 0.1) is 0 Å². The number of nitrogens with zero attached hydrogens (tertiary/aromatic N) is 2. The zero-order valence-corrected chi connectivity index (χ0v) is 11.0. The van der Waals surface area contributed by atoms with Gasteiger partial charge in [-0.15, -0.1) is 0 Å². The number of hydrogen-bond acceptors (Lipinski definition) is 3. The van der Waals surface area contributed by atoms with Crippen LogP contribution in [0.3, 0.4) is 0 Å². The highest BCUT2D eigenvalue weighted by Crippen LogP contribution is 2.32. The molecule has 0 radical (unpaired) electrons. The number of rotatable bonds is 1. The lowest BCUT2D eigenvalue weighted by atomic mass is 10.2. The molecule has 0 bridgehead atoms. The van der Waals surface area contributed by atoms with Gasteiger partial charge >= 0.3 is 0 Å². The largest absolute Gasteiger partial charge is 0.306 e. The minimum absolute atomic E-state index is 0.220. The van der Waals surface area contributed by atoms with Crippen LogP contribution in [0.25, 0.3) is 22.4 Å². The normalized spacial score (nSPS) is 10.8. The summed E-state index contributed by atoms with van der Waals surface area (Å²) < 4.78 is 0. The second-order valence-electron chi connectivity index (χ2n) is 3.92. The molecule has 0 amide bonds. The number of hydrogen-bond donors (Lipinski definition) is 1. The molecule has 2 aromatic heterocycles. The number of halogens is 2. The number of aromatic amines is 1. The average molecular weight is 292 g/mol. The van der Waals surface area contributed by atoms with Crippen molar-refractivity contribution in [2.45, 2.75) is 0 Å². The Morgan fingerprint density at radius 1 is 1.05 bits per heavy atom. The first-order valence-electron chi connectivity index (χ1n) is 5.45. The van der Waals surface area contributed by atoms with E-state index in [1.807, 2.05) is 0 Å². The first-order chi connectivity index (χ1) is 9.15. The summed E-state index contributed by atoms with van der Waals surface area (Å²) in [5.41, 5.74) is 0.785. The van der Waals surface area contributed by atoms with Crippen molar-refractivity contribution in [2.75, 3.05) is 0 Å². The van der Waals surface area contributed by atoms with Crippen LogP contribution in [0.15, 0.2) is 41.3 Å². The fourth-order valence-corrected chi connectivity index (χ4v) is 2.34. The van der Waals surface area contributed by atoms with E-state index in [4.69, 9.17) is 23.2 Å². The molecular formula is C13H7Cl2N3O. The molecule has 0 unspecified atom stereocenters. The third kappa shape index (κ3) is 2.20. The van der Waals surface area contributed by atoms with Gasteiger partial charge in [-0.05, 0) is 18.2 Å². The summed E-state index contributed by atoms with van der Waals surface area (Å²) >= 11 is 12.2. The summed E-state index contributed by atoms with van der Waals surface area (Å²) in [4.78, 5) is 22.5. The highest BCUT2D eigenvalue weighted by Gasteiger charge is 2.11. The minimum Gasteiger partial charge on any atom is -0.306 e. The molecule has 4 nitrogen and oxygen atoms in total. The molecule has 0 aliphatic heterocycles. The zero-order chi connectivity index (χ0) is 13.4. The summed E-state index contributed by atoms with van der Waals surface area (Å²) in [5.74, 6) is 0.380. The van der Waals surface area contributed by atoms with Gasteiger partial charge < -0.3 is 4.98 Å². The molecule has 94 valence electrons. The molecule has 0 aliphatic carbocycles. The molecule has 2 heterocycles. The van der Waals surface area contributed by atoms with Crippen molar-refractivity contribution >= 4 is 34.2 Å². The highest BCUT2D eigenvalue weighted by molar-refractivity contribution is 6.39. The maximum Gasteiger partial charge on any atom is 0.249 e. The second kappa shape index (κ2) is 4.64. The third-order valence-corrected chi connectivity index (χ3v) is 3.29. The van der Waals surface area contributed by atoms with Gasteiger partial charge in [-0.25, -0.2) is 9.97 Å². The molecule has 3 rings (SSSR count). The number of H-pyrrole nitrogens is 1. The Morgan fingerprint density at radius 2 is 1.79 bits per heavy atom. The van der Waals surface area contributed by atoms with E-state index in [0.717, 1.165) is 5.39 Å². The molecule has 19 heavy (non-hydrogen) atoms. The van der Waals surface area contributed by atoms with Crippen LogP contribution in [0.1, 0.15) is 0 Å². The average Bonchev–Trinajstić information content (AvgIpc) is 2.38. The Kier molecular flexibility index (Phi) is 2.97. The number of nitrogens with one attached hydrogen (secondary N) is 1. The summed E-state index contributed by atoms with van der Waals surface area (Å²) in [6, 6.07) is 8.26. The molecule has 0 aliphatic rings. The quantitative estimate of drug-likeness (QED) is 0.748. The molecule has 0 saturated heterocycles. The van der Waals surface area contributed by atoms with E-state index in [2.05, 4.69) is 15.0 Å². The van der Waals surface area contributed by atoms with Gasteiger partial charge in [0, 0.05) is 17.6 Å². The van der Waals surface area contributed by atoms with Gasteiger partial charge in [-0.3, -0.25) is 4.79 Å². The summed E-state index contributed by atoms with van der Waals surface area (Å²) in [6.07, 6.45) is 1.62. The number of fused-ring (bicyclic) bond motifs is 1. The van der Waals surface area contributed by atoms with E-state index in [1.165, 1.54) is 6.07 Å². The maximum absolute atomic E-state index is 11.3. The Hall–Kier alpha value is -1.91. The van der Waals surface area contributed by atoms with E-state index >= 15 is 0 Å². The van der Waals surface area contributed by atoms with Crippen LogP contribution in [-0.2, 0) is 0 Å². The number of pyridine rings is 1. The van der Waals surface area contributed by atoms with Crippen LogP contribution in [0.5, 0.6) is 0 Å². The Morgan fingerprint density at radius 3 is 2.53 bits per heavy atom. The van der Waals surface area contributed by atoms with Crippen LogP contribution in [0.2, 0.25) is 10.0 Å². The molecule has 1 N–H and O–H groups in total.